The number of aliphatic hydroxyl groups is 1. The van der Waals surface area contributed by atoms with Gasteiger partial charge in [-0.15, -0.1) is 0 Å². The molecule has 1 rings (SSSR count). The number of rotatable bonds is 5. The first-order chi connectivity index (χ1) is 8.34. The molecule has 0 aliphatic carbocycles. The summed E-state index contributed by atoms with van der Waals surface area (Å²) >= 11 is 11.5. The molecule has 3 nitrogen and oxygen atoms in total. The van der Waals surface area contributed by atoms with Crippen molar-refractivity contribution >= 4 is 29.1 Å². The highest BCUT2D eigenvalue weighted by molar-refractivity contribution is 6.42. The number of carbonyl (C=O) groups is 1. The molecule has 0 spiro atoms. The lowest BCUT2D eigenvalue weighted by Gasteiger charge is -2.13. The second-order valence-corrected chi connectivity index (χ2v) is 4.53. The van der Waals surface area contributed by atoms with Gasteiger partial charge in [-0.25, -0.2) is 8.78 Å². The minimum absolute atomic E-state index is 0.0849. The molecule has 0 aliphatic rings. The van der Waals surface area contributed by atoms with E-state index < -0.39 is 25.0 Å². The largest absolute Gasteiger partial charge is 0.390 e. The van der Waals surface area contributed by atoms with Gasteiger partial charge in [0.25, 0.3) is 5.92 Å². The second kappa shape index (κ2) is 6.31. The maximum Gasteiger partial charge on any atom is 0.287 e. The SMILES string of the molecule is O=C(Cc1ccc(Cl)c(Cl)c1)NCC(F)(F)CO. The van der Waals surface area contributed by atoms with E-state index in [4.69, 9.17) is 28.3 Å². The van der Waals surface area contributed by atoms with Crippen molar-refractivity contribution in [3.05, 3.63) is 33.8 Å². The van der Waals surface area contributed by atoms with Crippen molar-refractivity contribution < 1.29 is 18.7 Å². The molecule has 1 aromatic rings. The molecule has 0 aromatic heterocycles. The summed E-state index contributed by atoms with van der Waals surface area (Å²) in [7, 11) is 0. The monoisotopic (exact) mass is 297 g/mol. The van der Waals surface area contributed by atoms with Gasteiger partial charge < -0.3 is 10.4 Å². The highest BCUT2D eigenvalue weighted by atomic mass is 35.5. The van der Waals surface area contributed by atoms with Crippen molar-refractivity contribution in [2.45, 2.75) is 12.3 Å². The first kappa shape index (κ1) is 15.1. The number of amides is 1. The fourth-order valence-corrected chi connectivity index (χ4v) is 1.50. The molecule has 7 heteroatoms. The molecule has 1 amide bonds. The number of hydrogen-bond acceptors (Lipinski definition) is 2. The predicted octanol–water partition coefficient (Wildman–Crippen LogP) is 2.28. The molecule has 0 saturated carbocycles. The molecule has 0 aliphatic heterocycles. The number of hydrogen-bond donors (Lipinski definition) is 2. The quantitative estimate of drug-likeness (QED) is 0.876. The summed E-state index contributed by atoms with van der Waals surface area (Å²) in [6.07, 6.45) is -0.0849. The van der Waals surface area contributed by atoms with Gasteiger partial charge in [-0.1, -0.05) is 29.3 Å². The minimum atomic E-state index is -3.31. The van der Waals surface area contributed by atoms with Crippen LogP contribution in [0.15, 0.2) is 18.2 Å². The van der Waals surface area contributed by atoms with Crippen molar-refractivity contribution in [2.24, 2.45) is 0 Å². The van der Waals surface area contributed by atoms with Gasteiger partial charge in [-0.05, 0) is 17.7 Å². The topological polar surface area (TPSA) is 49.3 Å². The van der Waals surface area contributed by atoms with E-state index in [-0.39, 0.29) is 6.42 Å². The maximum atomic E-state index is 12.7. The zero-order valence-corrected chi connectivity index (χ0v) is 10.7. The van der Waals surface area contributed by atoms with Crippen LogP contribution in [-0.4, -0.2) is 30.1 Å². The summed E-state index contributed by atoms with van der Waals surface area (Å²) < 4.78 is 25.3. The molecule has 1 aromatic carbocycles. The van der Waals surface area contributed by atoms with Crippen LogP contribution in [0.3, 0.4) is 0 Å². The Labute approximate surface area is 113 Å². The summed E-state index contributed by atoms with van der Waals surface area (Å²) in [6, 6.07) is 4.60. The average molecular weight is 298 g/mol. The number of aliphatic hydroxyl groups excluding tert-OH is 1. The Kier molecular flexibility index (Phi) is 5.31. The van der Waals surface area contributed by atoms with Crippen molar-refractivity contribution in [3.8, 4) is 0 Å². The fraction of sp³-hybridized carbons (Fsp3) is 0.364. The van der Waals surface area contributed by atoms with Crippen molar-refractivity contribution in [1.29, 1.82) is 0 Å². The van der Waals surface area contributed by atoms with Crippen LogP contribution < -0.4 is 5.32 Å². The summed E-state index contributed by atoms with van der Waals surface area (Å²) in [5.74, 6) is -3.89. The van der Waals surface area contributed by atoms with Crippen molar-refractivity contribution in [1.82, 2.24) is 5.32 Å². The molecule has 0 atom stereocenters. The zero-order chi connectivity index (χ0) is 13.8. The van der Waals surface area contributed by atoms with Gasteiger partial charge in [0, 0.05) is 0 Å². The van der Waals surface area contributed by atoms with Crippen LogP contribution in [-0.2, 0) is 11.2 Å². The standard InChI is InChI=1S/C11H11Cl2F2NO2/c12-8-2-1-7(3-9(8)13)4-10(18)16-5-11(14,15)6-17/h1-3,17H,4-6H2,(H,16,18). The van der Waals surface area contributed by atoms with Gasteiger partial charge in [0.15, 0.2) is 0 Å². The molecule has 100 valence electrons. The fourth-order valence-electron chi connectivity index (χ4n) is 1.18. The molecule has 0 bridgehead atoms. The summed E-state index contributed by atoms with van der Waals surface area (Å²) in [4.78, 5) is 11.4. The van der Waals surface area contributed by atoms with Crippen molar-refractivity contribution in [3.63, 3.8) is 0 Å². The van der Waals surface area contributed by atoms with Crippen LogP contribution in [0, 0.1) is 0 Å². The third-order valence-corrected chi connectivity index (χ3v) is 2.86. The van der Waals surface area contributed by atoms with Gasteiger partial charge in [0.1, 0.15) is 6.61 Å². The number of alkyl halides is 2. The van der Waals surface area contributed by atoms with Crippen LogP contribution in [0.2, 0.25) is 10.0 Å². The lowest BCUT2D eigenvalue weighted by Crippen LogP contribution is -2.39. The van der Waals surface area contributed by atoms with Gasteiger partial charge >= 0.3 is 0 Å². The van der Waals surface area contributed by atoms with Crippen LogP contribution in [0.5, 0.6) is 0 Å². The van der Waals surface area contributed by atoms with Crippen LogP contribution in [0.25, 0.3) is 0 Å². The third-order valence-electron chi connectivity index (χ3n) is 2.12. The van der Waals surface area contributed by atoms with E-state index in [1.54, 1.807) is 6.07 Å². The minimum Gasteiger partial charge on any atom is -0.390 e. The van der Waals surface area contributed by atoms with Gasteiger partial charge in [0.05, 0.1) is 23.0 Å². The highest BCUT2D eigenvalue weighted by Gasteiger charge is 2.28. The van der Waals surface area contributed by atoms with Gasteiger partial charge in [-0.2, -0.15) is 0 Å². The number of benzene rings is 1. The Morgan fingerprint density at radius 1 is 1.33 bits per heavy atom. The summed E-state index contributed by atoms with van der Waals surface area (Å²) in [5, 5.41) is 11.0. The highest BCUT2D eigenvalue weighted by Crippen LogP contribution is 2.22. The van der Waals surface area contributed by atoms with E-state index in [1.807, 2.05) is 5.32 Å². The van der Waals surface area contributed by atoms with E-state index >= 15 is 0 Å². The van der Waals surface area contributed by atoms with Crippen molar-refractivity contribution in [2.75, 3.05) is 13.2 Å². The molecule has 0 unspecified atom stereocenters. The molecule has 0 heterocycles. The van der Waals surface area contributed by atoms with Gasteiger partial charge in [-0.3, -0.25) is 4.79 Å². The van der Waals surface area contributed by atoms with E-state index in [0.29, 0.717) is 15.6 Å². The molecule has 18 heavy (non-hydrogen) atoms. The lowest BCUT2D eigenvalue weighted by molar-refractivity contribution is -0.123. The van der Waals surface area contributed by atoms with E-state index in [2.05, 4.69) is 0 Å². The predicted molar refractivity (Wildman–Crippen MR) is 65.2 cm³/mol. The normalized spacial score (nSPS) is 11.4. The average Bonchev–Trinajstić information content (AvgIpc) is 2.32. The maximum absolute atomic E-state index is 12.7. The lowest BCUT2D eigenvalue weighted by atomic mass is 10.1. The van der Waals surface area contributed by atoms with Gasteiger partial charge in [0.2, 0.25) is 5.91 Å². The Hall–Kier alpha value is -0.910. The summed E-state index contributed by atoms with van der Waals surface area (Å²) in [6.45, 7) is -2.20. The number of carbonyl (C=O) groups excluding carboxylic acids is 1. The van der Waals surface area contributed by atoms with E-state index in [0.717, 1.165) is 0 Å². The molecule has 2 N–H and O–H groups in total. The Bertz CT molecular complexity index is 441. The summed E-state index contributed by atoms with van der Waals surface area (Å²) in [5.41, 5.74) is 0.564. The first-order valence-corrected chi connectivity index (χ1v) is 5.79. The van der Waals surface area contributed by atoms with E-state index in [9.17, 15) is 13.6 Å². The van der Waals surface area contributed by atoms with Crippen LogP contribution >= 0.6 is 23.2 Å². The Morgan fingerprint density at radius 2 is 2.00 bits per heavy atom. The third kappa shape index (κ3) is 4.76. The number of nitrogens with one attached hydrogen (secondary N) is 1. The first-order valence-electron chi connectivity index (χ1n) is 5.03. The van der Waals surface area contributed by atoms with Crippen LogP contribution in [0.4, 0.5) is 8.78 Å². The number of halogens is 4. The van der Waals surface area contributed by atoms with Crippen LogP contribution in [0.1, 0.15) is 5.56 Å². The molecule has 0 fully saturated rings. The molecule has 0 saturated heterocycles. The molecule has 0 radical (unpaired) electrons. The van der Waals surface area contributed by atoms with E-state index in [1.165, 1.54) is 12.1 Å². The molecular weight excluding hydrogens is 287 g/mol. The molecular formula is C11H11Cl2F2NO2. The second-order valence-electron chi connectivity index (χ2n) is 3.72. The zero-order valence-electron chi connectivity index (χ0n) is 9.22. The Morgan fingerprint density at radius 3 is 2.56 bits per heavy atom. The Balaban J connectivity index is 2.52. The smallest absolute Gasteiger partial charge is 0.287 e.